The summed E-state index contributed by atoms with van der Waals surface area (Å²) in [5, 5.41) is 13.3. The van der Waals surface area contributed by atoms with Crippen LogP contribution in [0.2, 0.25) is 0 Å². The monoisotopic (exact) mass is 395 g/mol. The summed E-state index contributed by atoms with van der Waals surface area (Å²) in [5.74, 6) is 0.659. The van der Waals surface area contributed by atoms with E-state index in [2.05, 4.69) is 54.4 Å². The predicted octanol–water partition coefficient (Wildman–Crippen LogP) is 4.31. The third-order valence-electron chi connectivity index (χ3n) is 5.59. The molecule has 148 valence electrons. The van der Waals surface area contributed by atoms with Crippen LogP contribution in [0.1, 0.15) is 35.8 Å². The highest BCUT2D eigenvalue weighted by molar-refractivity contribution is 5.82. The van der Waals surface area contributed by atoms with Crippen LogP contribution in [0, 0.1) is 11.3 Å². The van der Waals surface area contributed by atoms with Gasteiger partial charge in [0.2, 0.25) is 0 Å². The molecule has 4 heterocycles. The van der Waals surface area contributed by atoms with Crippen molar-refractivity contribution in [3.63, 3.8) is 0 Å². The van der Waals surface area contributed by atoms with E-state index in [9.17, 15) is 0 Å². The number of nitriles is 1. The summed E-state index contributed by atoms with van der Waals surface area (Å²) < 4.78 is 0. The van der Waals surface area contributed by atoms with Gasteiger partial charge >= 0.3 is 0 Å². The zero-order valence-corrected chi connectivity index (χ0v) is 16.4. The number of fused-ring (bicyclic) bond motifs is 1. The molecule has 1 atom stereocenters. The predicted molar refractivity (Wildman–Crippen MR) is 115 cm³/mol. The van der Waals surface area contributed by atoms with Crippen LogP contribution in [0.15, 0.2) is 61.2 Å². The second kappa shape index (κ2) is 7.93. The first-order valence-corrected chi connectivity index (χ1v) is 10.0. The molecule has 0 amide bonds. The van der Waals surface area contributed by atoms with E-state index < -0.39 is 0 Å². The molecular weight excluding hydrogens is 374 g/mol. The molecular formula is C23H21N7. The number of benzene rings is 1. The van der Waals surface area contributed by atoms with Gasteiger partial charge in [0.1, 0.15) is 17.6 Å². The Morgan fingerprint density at radius 3 is 2.87 bits per heavy atom. The first kappa shape index (κ1) is 18.3. The van der Waals surface area contributed by atoms with Crippen LogP contribution in [0.4, 0.5) is 11.5 Å². The summed E-state index contributed by atoms with van der Waals surface area (Å²) >= 11 is 0. The standard InChI is InChI=1S/C23H21N7/c24-11-17-6-7-18(12-26-17)29-23-14-27-21(13-28-23)22-5-2-10-30(22)15-16-3-1-4-20-19(16)8-9-25-20/h1,3-4,6-9,12-14,22,25H,2,5,10,15H2,(H,28,29)/t22-/m1/s1. The van der Waals surface area contributed by atoms with Gasteiger partial charge in [-0.3, -0.25) is 9.88 Å². The number of anilines is 2. The van der Waals surface area contributed by atoms with Gasteiger partial charge in [-0.1, -0.05) is 12.1 Å². The Labute approximate surface area is 174 Å². The fourth-order valence-electron chi connectivity index (χ4n) is 4.11. The van der Waals surface area contributed by atoms with E-state index in [1.165, 1.54) is 16.5 Å². The van der Waals surface area contributed by atoms with Gasteiger partial charge in [-0.2, -0.15) is 5.26 Å². The molecule has 0 aliphatic carbocycles. The number of aromatic amines is 1. The second-order valence-electron chi connectivity index (χ2n) is 7.48. The van der Waals surface area contributed by atoms with Crippen molar-refractivity contribution >= 4 is 22.4 Å². The first-order valence-electron chi connectivity index (χ1n) is 10.0. The maximum Gasteiger partial charge on any atom is 0.148 e. The van der Waals surface area contributed by atoms with Crippen molar-refractivity contribution in [1.82, 2.24) is 24.8 Å². The number of rotatable bonds is 5. The Morgan fingerprint density at radius 2 is 2.07 bits per heavy atom. The lowest BCUT2D eigenvalue weighted by atomic mass is 10.1. The van der Waals surface area contributed by atoms with E-state index in [1.54, 1.807) is 18.5 Å². The highest BCUT2D eigenvalue weighted by Gasteiger charge is 2.27. The number of hydrogen-bond donors (Lipinski definition) is 2. The van der Waals surface area contributed by atoms with Crippen LogP contribution in [0.25, 0.3) is 10.9 Å². The Kier molecular flexibility index (Phi) is 4.83. The second-order valence-corrected chi connectivity index (χ2v) is 7.48. The Balaban J connectivity index is 1.30. The minimum Gasteiger partial charge on any atom is -0.361 e. The van der Waals surface area contributed by atoms with Crippen molar-refractivity contribution in [3.05, 3.63) is 78.1 Å². The largest absolute Gasteiger partial charge is 0.361 e. The lowest BCUT2D eigenvalue weighted by molar-refractivity contribution is 0.245. The van der Waals surface area contributed by atoms with Gasteiger partial charge in [-0.15, -0.1) is 0 Å². The normalized spacial score (nSPS) is 16.6. The molecule has 0 bridgehead atoms. The van der Waals surface area contributed by atoms with Crippen LogP contribution in [-0.4, -0.2) is 31.4 Å². The fourth-order valence-corrected chi connectivity index (χ4v) is 4.11. The molecule has 0 saturated carbocycles. The number of hydrogen-bond acceptors (Lipinski definition) is 6. The number of likely N-dealkylation sites (tertiary alicyclic amines) is 1. The zero-order valence-electron chi connectivity index (χ0n) is 16.4. The van der Waals surface area contributed by atoms with E-state index in [4.69, 9.17) is 5.26 Å². The lowest BCUT2D eigenvalue weighted by Crippen LogP contribution is -2.23. The number of pyridine rings is 1. The Morgan fingerprint density at radius 1 is 1.10 bits per heavy atom. The van der Waals surface area contributed by atoms with Crippen molar-refractivity contribution in [3.8, 4) is 6.07 Å². The third-order valence-corrected chi connectivity index (χ3v) is 5.59. The summed E-state index contributed by atoms with van der Waals surface area (Å²) in [5.41, 5.74) is 4.67. The van der Waals surface area contributed by atoms with Gasteiger partial charge in [0.05, 0.1) is 36.0 Å². The maximum absolute atomic E-state index is 8.85. The highest BCUT2D eigenvalue weighted by Crippen LogP contribution is 2.33. The van der Waals surface area contributed by atoms with Crippen LogP contribution >= 0.6 is 0 Å². The molecule has 0 unspecified atom stereocenters. The van der Waals surface area contributed by atoms with Crippen molar-refractivity contribution < 1.29 is 0 Å². The number of nitrogens with one attached hydrogen (secondary N) is 2. The maximum atomic E-state index is 8.85. The van der Waals surface area contributed by atoms with Crippen molar-refractivity contribution in [2.24, 2.45) is 0 Å². The molecule has 4 aromatic rings. The van der Waals surface area contributed by atoms with Crippen molar-refractivity contribution in [1.29, 1.82) is 5.26 Å². The van der Waals surface area contributed by atoms with Gasteiger partial charge in [-0.05, 0) is 49.2 Å². The summed E-state index contributed by atoms with van der Waals surface area (Å²) in [6.45, 7) is 1.96. The number of nitrogens with zero attached hydrogens (tertiary/aromatic N) is 5. The van der Waals surface area contributed by atoms with Crippen molar-refractivity contribution in [2.75, 3.05) is 11.9 Å². The van der Waals surface area contributed by atoms with Gasteiger partial charge in [-0.25, -0.2) is 9.97 Å². The van der Waals surface area contributed by atoms with E-state index in [1.807, 2.05) is 24.5 Å². The number of H-pyrrole nitrogens is 1. The third kappa shape index (κ3) is 3.61. The topological polar surface area (TPSA) is 93.5 Å². The Hall–Kier alpha value is -3.76. The zero-order chi connectivity index (χ0) is 20.3. The van der Waals surface area contributed by atoms with E-state index in [0.717, 1.165) is 37.3 Å². The molecule has 7 nitrogen and oxygen atoms in total. The Bertz CT molecular complexity index is 1190. The molecule has 1 aliphatic heterocycles. The molecule has 1 aliphatic rings. The average molecular weight is 395 g/mol. The first-order chi connectivity index (χ1) is 14.8. The van der Waals surface area contributed by atoms with Crippen LogP contribution in [0.5, 0.6) is 0 Å². The molecule has 1 fully saturated rings. The van der Waals surface area contributed by atoms with Crippen molar-refractivity contribution in [2.45, 2.75) is 25.4 Å². The van der Waals surface area contributed by atoms with Gasteiger partial charge in [0, 0.05) is 23.6 Å². The van der Waals surface area contributed by atoms with E-state index in [-0.39, 0.29) is 6.04 Å². The molecule has 0 spiro atoms. The minimum atomic E-state index is 0.275. The minimum absolute atomic E-state index is 0.275. The molecule has 1 saturated heterocycles. The molecule has 30 heavy (non-hydrogen) atoms. The van der Waals surface area contributed by atoms with E-state index in [0.29, 0.717) is 11.5 Å². The quantitative estimate of drug-likeness (QED) is 0.523. The molecule has 5 rings (SSSR count). The molecule has 3 aromatic heterocycles. The van der Waals surface area contributed by atoms with E-state index >= 15 is 0 Å². The van der Waals surface area contributed by atoms with Crippen LogP contribution in [0.3, 0.4) is 0 Å². The molecule has 0 radical (unpaired) electrons. The lowest BCUT2D eigenvalue weighted by Gasteiger charge is -2.24. The van der Waals surface area contributed by atoms with Gasteiger partial charge in [0.25, 0.3) is 0 Å². The molecule has 7 heteroatoms. The SMILES string of the molecule is N#Cc1ccc(Nc2cnc([C@H]3CCCN3Cc3cccc4[nH]ccc34)cn2)cn1. The molecule has 1 aromatic carbocycles. The molecule has 2 N–H and O–H groups in total. The summed E-state index contributed by atoms with van der Waals surface area (Å²) in [6, 6.07) is 14.3. The van der Waals surface area contributed by atoms with Gasteiger partial charge in [0.15, 0.2) is 0 Å². The summed E-state index contributed by atoms with van der Waals surface area (Å²) in [6.07, 6.45) is 9.48. The fraction of sp³-hybridized carbons (Fsp3) is 0.217. The van der Waals surface area contributed by atoms with Gasteiger partial charge < -0.3 is 10.3 Å². The highest BCUT2D eigenvalue weighted by atomic mass is 15.2. The summed E-state index contributed by atoms with van der Waals surface area (Å²) in [7, 11) is 0. The smallest absolute Gasteiger partial charge is 0.148 e. The number of aromatic nitrogens is 4. The average Bonchev–Trinajstić information content (AvgIpc) is 3.45. The van der Waals surface area contributed by atoms with Crippen LogP contribution in [-0.2, 0) is 6.54 Å². The summed E-state index contributed by atoms with van der Waals surface area (Å²) in [4.78, 5) is 19.1. The van der Waals surface area contributed by atoms with Crippen LogP contribution < -0.4 is 5.32 Å².